The molecule has 0 aliphatic carbocycles. The lowest BCUT2D eigenvalue weighted by atomic mass is 10.1. The van der Waals surface area contributed by atoms with E-state index in [-0.39, 0.29) is 0 Å². The third kappa shape index (κ3) is 7.22. The van der Waals surface area contributed by atoms with Gasteiger partial charge >= 0.3 is 0 Å². The summed E-state index contributed by atoms with van der Waals surface area (Å²) >= 11 is 0. The molecule has 5 heteroatoms. The van der Waals surface area contributed by atoms with E-state index in [0.717, 1.165) is 24.2 Å². The molecule has 0 bridgehead atoms. The van der Waals surface area contributed by atoms with Gasteiger partial charge in [0.15, 0.2) is 0 Å². The molecule has 0 fully saturated rings. The lowest BCUT2D eigenvalue weighted by molar-refractivity contribution is -0.00195. The summed E-state index contributed by atoms with van der Waals surface area (Å²) in [5, 5.41) is 0. The minimum atomic E-state index is 0.590. The monoisotopic (exact) mass is 310 g/mol. The smallest absolute Gasteiger partial charge is 0.106 e. The Kier molecular flexibility index (Phi) is 8.95. The second kappa shape index (κ2) is 11.4. The zero-order chi connectivity index (χ0) is 15.3. The number of allylic oxidation sites excluding steroid dienone is 3. The summed E-state index contributed by atoms with van der Waals surface area (Å²) in [6.07, 6.45) is 10.0. The molecule has 0 atom stereocenters. The summed E-state index contributed by atoms with van der Waals surface area (Å²) in [4.78, 5) is 0. The first-order chi connectivity index (χ1) is 11.0. The predicted molar refractivity (Wildman–Crippen MR) is 83.8 cm³/mol. The topological polar surface area (TPSA) is 46.2 Å². The quantitative estimate of drug-likeness (QED) is 0.687. The predicted octanol–water partition coefficient (Wildman–Crippen LogP) is 2.24. The van der Waals surface area contributed by atoms with Crippen LogP contribution in [0.1, 0.15) is 12.8 Å². The zero-order valence-corrected chi connectivity index (χ0v) is 13.1. The van der Waals surface area contributed by atoms with E-state index in [0.29, 0.717) is 59.5 Å². The van der Waals surface area contributed by atoms with E-state index < -0.39 is 0 Å². The molecule has 2 rings (SSSR count). The molecule has 5 nitrogen and oxygen atoms in total. The molecule has 0 saturated carbocycles. The highest BCUT2D eigenvalue weighted by Gasteiger charge is 2.07. The van der Waals surface area contributed by atoms with Crippen LogP contribution in [0.25, 0.3) is 0 Å². The summed E-state index contributed by atoms with van der Waals surface area (Å²) < 4.78 is 27.6. The Hall–Kier alpha value is -1.14. The average Bonchev–Trinajstić information content (AvgIpc) is 2.55. The van der Waals surface area contributed by atoms with Gasteiger partial charge in [0.25, 0.3) is 0 Å². The van der Waals surface area contributed by atoms with Crippen molar-refractivity contribution in [3.8, 4) is 0 Å². The Morgan fingerprint density at radius 3 is 1.95 bits per heavy atom. The Bertz CT molecular complexity index is 387. The van der Waals surface area contributed by atoms with Gasteiger partial charge in [0.1, 0.15) is 12.4 Å². The molecule has 0 spiro atoms. The van der Waals surface area contributed by atoms with Crippen LogP contribution in [0.3, 0.4) is 0 Å². The lowest BCUT2D eigenvalue weighted by Crippen LogP contribution is -2.13. The van der Waals surface area contributed by atoms with Crippen LogP contribution in [-0.4, -0.2) is 59.5 Å². The van der Waals surface area contributed by atoms with Gasteiger partial charge in [0.2, 0.25) is 0 Å². The van der Waals surface area contributed by atoms with Gasteiger partial charge in [-0.1, -0.05) is 18.2 Å². The highest BCUT2D eigenvalue weighted by molar-refractivity contribution is 5.35. The largest absolute Gasteiger partial charge is 0.493 e. The molecule has 0 aromatic heterocycles. The van der Waals surface area contributed by atoms with Crippen LogP contribution in [0.4, 0.5) is 0 Å². The summed E-state index contributed by atoms with van der Waals surface area (Å²) in [6.45, 7) is 5.58. The first kappa shape index (κ1) is 17.2. The highest BCUT2D eigenvalue weighted by atomic mass is 16.6. The van der Waals surface area contributed by atoms with E-state index in [1.54, 1.807) is 0 Å². The first-order valence-corrected chi connectivity index (χ1v) is 7.97. The van der Waals surface area contributed by atoms with Crippen LogP contribution in [-0.2, 0) is 23.7 Å². The maximum atomic E-state index is 5.71. The number of hydrogen-bond acceptors (Lipinski definition) is 5. The maximum Gasteiger partial charge on any atom is 0.106 e. The van der Waals surface area contributed by atoms with Gasteiger partial charge in [-0.05, 0) is 12.5 Å². The van der Waals surface area contributed by atoms with Crippen LogP contribution >= 0.6 is 0 Å². The minimum absolute atomic E-state index is 0.590. The molecule has 0 N–H and O–H groups in total. The average molecular weight is 310 g/mol. The molecule has 0 unspecified atom stereocenters. The van der Waals surface area contributed by atoms with Crippen molar-refractivity contribution in [1.29, 1.82) is 0 Å². The lowest BCUT2D eigenvalue weighted by Gasteiger charge is -2.16. The number of rotatable bonds is 0. The fourth-order valence-electron chi connectivity index (χ4n) is 2.15. The van der Waals surface area contributed by atoms with Gasteiger partial charge in [0, 0.05) is 12.0 Å². The van der Waals surface area contributed by atoms with Crippen molar-refractivity contribution in [3.05, 3.63) is 35.6 Å². The van der Waals surface area contributed by atoms with Crippen molar-refractivity contribution in [1.82, 2.24) is 0 Å². The summed E-state index contributed by atoms with van der Waals surface area (Å²) in [6, 6.07) is 0. The number of ether oxygens (including phenoxy) is 5. The third-order valence-corrected chi connectivity index (χ3v) is 3.29. The zero-order valence-electron chi connectivity index (χ0n) is 13.1. The van der Waals surface area contributed by atoms with Gasteiger partial charge in [0.05, 0.1) is 52.9 Å². The van der Waals surface area contributed by atoms with Gasteiger partial charge in [-0.2, -0.15) is 0 Å². The standard InChI is InChI=1S/C17H26O5/c1-2-7-18-10-12-20-14-15-21-13-11-19-9-6-17-16(4-1)5-3-8-22-17/h1,3-5H,2,6-15H2/b4-1+. The van der Waals surface area contributed by atoms with E-state index in [4.69, 9.17) is 23.7 Å². The Morgan fingerprint density at radius 2 is 1.23 bits per heavy atom. The van der Waals surface area contributed by atoms with Crippen molar-refractivity contribution < 1.29 is 23.7 Å². The van der Waals surface area contributed by atoms with Gasteiger partial charge in [-0.25, -0.2) is 0 Å². The van der Waals surface area contributed by atoms with E-state index in [1.165, 1.54) is 0 Å². The molecule has 2 heterocycles. The van der Waals surface area contributed by atoms with Crippen molar-refractivity contribution in [2.45, 2.75) is 12.8 Å². The van der Waals surface area contributed by atoms with Crippen LogP contribution in [0.5, 0.6) is 0 Å². The third-order valence-electron chi connectivity index (χ3n) is 3.29. The van der Waals surface area contributed by atoms with E-state index in [2.05, 4.69) is 18.2 Å². The highest BCUT2D eigenvalue weighted by Crippen LogP contribution is 2.18. The molecule has 124 valence electrons. The van der Waals surface area contributed by atoms with Crippen molar-refractivity contribution in [2.75, 3.05) is 59.5 Å². The van der Waals surface area contributed by atoms with Crippen LogP contribution in [0, 0.1) is 0 Å². The first-order valence-electron chi connectivity index (χ1n) is 7.97. The van der Waals surface area contributed by atoms with Gasteiger partial charge in [-0.15, -0.1) is 0 Å². The molecule has 0 aromatic rings. The van der Waals surface area contributed by atoms with E-state index >= 15 is 0 Å². The molecule has 2 aliphatic rings. The Labute approximate surface area is 132 Å². The normalized spacial score (nSPS) is 24.7. The molecule has 22 heavy (non-hydrogen) atoms. The van der Waals surface area contributed by atoms with Gasteiger partial charge in [-0.3, -0.25) is 0 Å². The van der Waals surface area contributed by atoms with Crippen LogP contribution in [0.2, 0.25) is 0 Å². The SMILES string of the molecule is C1=CC2=C(CCOCCOCCOCCOCC/C=C/2)OC1. The minimum Gasteiger partial charge on any atom is -0.493 e. The molecular formula is C17H26O5. The fraction of sp³-hybridized carbons (Fsp3) is 0.647. The molecule has 2 aliphatic heterocycles. The number of hydrogen-bond donors (Lipinski definition) is 0. The summed E-state index contributed by atoms with van der Waals surface area (Å²) in [5.41, 5.74) is 1.12. The summed E-state index contributed by atoms with van der Waals surface area (Å²) in [7, 11) is 0. The van der Waals surface area contributed by atoms with Gasteiger partial charge < -0.3 is 23.7 Å². The van der Waals surface area contributed by atoms with E-state index in [9.17, 15) is 0 Å². The molecular weight excluding hydrogens is 284 g/mol. The van der Waals surface area contributed by atoms with Crippen LogP contribution < -0.4 is 0 Å². The summed E-state index contributed by atoms with van der Waals surface area (Å²) in [5.74, 6) is 0.995. The van der Waals surface area contributed by atoms with Crippen molar-refractivity contribution in [2.24, 2.45) is 0 Å². The van der Waals surface area contributed by atoms with Crippen LogP contribution in [0.15, 0.2) is 35.6 Å². The maximum absolute atomic E-state index is 5.71. The molecule has 0 amide bonds. The fourth-order valence-corrected chi connectivity index (χ4v) is 2.15. The van der Waals surface area contributed by atoms with Crippen molar-refractivity contribution in [3.63, 3.8) is 0 Å². The Morgan fingerprint density at radius 1 is 0.636 bits per heavy atom. The van der Waals surface area contributed by atoms with Crippen molar-refractivity contribution >= 4 is 0 Å². The molecule has 0 aromatic carbocycles. The second-order valence-electron chi connectivity index (χ2n) is 4.98. The molecule has 0 radical (unpaired) electrons. The molecule has 0 saturated heterocycles. The second-order valence-corrected chi connectivity index (χ2v) is 4.98. The van der Waals surface area contributed by atoms with E-state index in [1.807, 2.05) is 6.08 Å². The Balaban J connectivity index is 1.83.